The maximum atomic E-state index is 13.5. The lowest BCUT2D eigenvalue weighted by molar-refractivity contribution is -0.118. The first-order valence-electron chi connectivity index (χ1n) is 11.4. The molecule has 0 fully saturated rings. The van der Waals surface area contributed by atoms with Crippen molar-refractivity contribution < 1.29 is 18.7 Å². The fourth-order valence-corrected chi connectivity index (χ4v) is 3.54. The number of anilines is 1. The third kappa shape index (κ3) is 6.22. The molecule has 4 rings (SSSR count). The minimum atomic E-state index is -0.662. The summed E-state index contributed by atoms with van der Waals surface area (Å²) in [5, 5.41) is 0. The summed E-state index contributed by atoms with van der Waals surface area (Å²) < 4.78 is 25.2. The third-order valence-electron chi connectivity index (χ3n) is 5.66. The maximum absolute atomic E-state index is 13.5. The van der Waals surface area contributed by atoms with Gasteiger partial charge in [0.15, 0.2) is 0 Å². The van der Waals surface area contributed by atoms with Gasteiger partial charge in [-0.05, 0) is 66.9 Å². The van der Waals surface area contributed by atoms with E-state index in [0.717, 1.165) is 22.3 Å². The van der Waals surface area contributed by atoms with E-state index in [0.29, 0.717) is 17.3 Å². The van der Waals surface area contributed by atoms with Crippen LogP contribution in [-0.2, 0) is 4.79 Å². The second kappa shape index (κ2) is 11.0. The van der Waals surface area contributed by atoms with Gasteiger partial charge in [0.25, 0.3) is 0 Å². The number of ketones is 1. The molecule has 4 aromatic rings. The summed E-state index contributed by atoms with van der Waals surface area (Å²) in [7, 11) is 0. The van der Waals surface area contributed by atoms with Crippen LogP contribution in [0.1, 0.15) is 25.5 Å². The van der Waals surface area contributed by atoms with Crippen molar-refractivity contribution in [1.82, 2.24) is 9.97 Å². The molecular weight excluding hydrogens is 459 g/mol. The molecule has 4 N–H and O–H groups in total. The molecule has 3 aromatic carbocycles. The number of carbonyl (C=O) groups excluding carboxylic acids is 1. The predicted octanol–water partition coefficient (Wildman–Crippen LogP) is 4.97. The van der Waals surface area contributed by atoms with E-state index in [2.05, 4.69) is 9.97 Å². The van der Waals surface area contributed by atoms with Gasteiger partial charge in [0.2, 0.25) is 11.8 Å². The Balaban J connectivity index is 1.45. The van der Waals surface area contributed by atoms with Gasteiger partial charge in [0, 0.05) is 11.6 Å². The lowest BCUT2D eigenvalue weighted by atomic mass is 10.0. The van der Waals surface area contributed by atoms with Crippen LogP contribution < -0.4 is 20.9 Å². The first-order chi connectivity index (χ1) is 17.3. The molecule has 1 heterocycles. The zero-order valence-corrected chi connectivity index (χ0v) is 20.0. The zero-order chi connectivity index (χ0) is 25.7. The fourth-order valence-electron chi connectivity index (χ4n) is 3.54. The molecule has 0 radical (unpaired) electrons. The Labute approximate surface area is 208 Å². The van der Waals surface area contributed by atoms with Crippen molar-refractivity contribution in [2.45, 2.75) is 26.0 Å². The average molecular weight is 487 g/mol. The molecular formula is C28H27FN4O3. The average Bonchev–Trinajstić information content (AvgIpc) is 2.87. The molecule has 1 aromatic heterocycles. The molecule has 2 atom stereocenters. The fraction of sp³-hybridized carbons (Fsp3) is 0.179. The second-order valence-corrected chi connectivity index (χ2v) is 8.39. The first-order valence-corrected chi connectivity index (χ1v) is 11.4. The number of nitrogens with zero attached hydrogens (tertiary/aromatic N) is 2. The molecule has 0 saturated carbocycles. The molecule has 184 valence electrons. The van der Waals surface area contributed by atoms with Crippen LogP contribution in [0.25, 0.3) is 22.4 Å². The normalized spacial score (nSPS) is 12.6. The molecule has 7 nitrogen and oxygen atoms in total. The van der Waals surface area contributed by atoms with E-state index in [1.807, 2.05) is 49.4 Å². The second-order valence-electron chi connectivity index (χ2n) is 8.39. The summed E-state index contributed by atoms with van der Waals surface area (Å²) in [6.07, 6.45) is -0.310. The van der Waals surface area contributed by atoms with E-state index in [9.17, 15) is 9.18 Å². The first kappa shape index (κ1) is 24.8. The highest BCUT2D eigenvalue weighted by Crippen LogP contribution is 2.28. The standard InChI is InChI=1S/C28H27FN4O3/c1-17(34)25(30)16-35-24-12-10-21(11-13-24)26-15-27(33-28(31)32-26)36-18(2)19-6-8-20(9-7-19)22-4-3-5-23(29)14-22/h3-15,18,25H,16,30H2,1-2H3,(H2,31,32,33). The van der Waals surface area contributed by atoms with E-state index < -0.39 is 6.04 Å². The Kier molecular flexibility index (Phi) is 7.56. The highest BCUT2D eigenvalue weighted by molar-refractivity contribution is 5.81. The number of ether oxygens (including phenoxy) is 2. The molecule has 0 aliphatic carbocycles. The van der Waals surface area contributed by atoms with Gasteiger partial charge in [-0.2, -0.15) is 4.98 Å². The Morgan fingerprint density at radius 1 is 0.944 bits per heavy atom. The number of aromatic nitrogens is 2. The molecule has 0 spiro atoms. The number of nitrogen functional groups attached to an aromatic ring is 1. The van der Waals surface area contributed by atoms with Gasteiger partial charge >= 0.3 is 0 Å². The number of hydrogen-bond donors (Lipinski definition) is 2. The van der Waals surface area contributed by atoms with E-state index in [1.165, 1.54) is 19.1 Å². The Bertz CT molecular complexity index is 1340. The number of rotatable bonds is 9. The van der Waals surface area contributed by atoms with Crippen molar-refractivity contribution >= 4 is 11.7 Å². The van der Waals surface area contributed by atoms with Crippen LogP contribution in [-0.4, -0.2) is 28.4 Å². The van der Waals surface area contributed by atoms with Gasteiger partial charge in [-0.25, -0.2) is 9.37 Å². The molecule has 0 amide bonds. The molecule has 0 bridgehead atoms. The quantitative estimate of drug-likeness (QED) is 0.343. The van der Waals surface area contributed by atoms with Gasteiger partial charge in [-0.15, -0.1) is 0 Å². The van der Waals surface area contributed by atoms with Crippen molar-refractivity contribution in [3.63, 3.8) is 0 Å². The SMILES string of the molecule is CC(=O)C(N)COc1ccc(-c2cc(OC(C)c3ccc(-c4cccc(F)c4)cc3)nc(N)n2)cc1. The minimum absolute atomic E-state index is 0.0870. The summed E-state index contributed by atoms with van der Waals surface area (Å²) in [5.41, 5.74) is 15.7. The zero-order valence-electron chi connectivity index (χ0n) is 20.0. The van der Waals surface area contributed by atoms with Crippen LogP contribution in [0.2, 0.25) is 0 Å². The molecule has 0 aliphatic heterocycles. The van der Waals surface area contributed by atoms with Crippen LogP contribution in [0.3, 0.4) is 0 Å². The van der Waals surface area contributed by atoms with E-state index >= 15 is 0 Å². The van der Waals surface area contributed by atoms with Gasteiger partial charge in [0.1, 0.15) is 30.1 Å². The third-order valence-corrected chi connectivity index (χ3v) is 5.66. The molecule has 0 saturated heterocycles. The summed E-state index contributed by atoms with van der Waals surface area (Å²) in [6.45, 7) is 3.44. The monoisotopic (exact) mass is 486 g/mol. The molecule has 8 heteroatoms. The van der Waals surface area contributed by atoms with Gasteiger partial charge in [0.05, 0.1) is 11.7 Å². The number of halogens is 1. The van der Waals surface area contributed by atoms with E-state index in [1.54, 1.807) is 24.3 Å². The number of nitrogens with two attached hydrogens (primary N) is 2. The van der Waals surface area contributed by atoms with Crippen LogP contribution >= 0.6 is 0 Å². The highest BCUT2D eigenvalue weighted by Gasteiger charge is 2.13. The largest absolute Gasteiger partial charge is 0.492 e. The smallest absolute Gasteiger partial charge is 0.223 e. The summed E-state index contributed by atoms with van der Waals surface area (Å²) >= 11 is 0. The van der Waals surface area contributed by atoms with Crippen molar-refractivity contribution in [2.75, 3.05) is 12.3 Å². The Morgan fingerprint density at radius 2 is 1.64 bits per heavy atom. The van der Waals surface area contributed by atoms with Crippen molar-refractivity contribution in [1.29, 1.82) is 0 Å². The molecule has 2 unspecified atom stereocenters. The lowest BCUT2D eigenvalue weighted by Gasteiger charge is -2.16. The summed E-state index contributed by atoms with van der Waals surface area (Å²) in [5.74, 6) is 0.609. The number of carbonyl (C=O) groups is 1. The Hall–Kier alpha value is -4.30. The van der Waals surface area contributed by atoms with E-state index in [4.69, 9.17) is 20.9 Å². The lowest BCUT2D eigenvalue weighted by Crippen LogP contribution is -2.34. The van der Waals surface area contributed by atoms with Crippen LogP contribution in [0.5, 0.6) is 11.6 Å². The van der Waals surface area contributed by atoms with Gasteiger partial charge in [-0.1, -0.05) is 36.4 Å². The molecule has 0 aliphatic rings. The van der Waals surface area contributed by atoms with E-state index in [-0.39, 0.29) is 30.3 Å². The minimum Gasteiger partial charge on any atom is -0.492 e. The van der Waals surface area contributed by atoms with Gasteiger partial charge < -0.3 is 20.9 Å². The Morgan fingerprint density at radius 3 is 2.31 bits per heavy atom. The van der Waals surface area contributed by atoms with Crippen molar-refractivity contribution in [3.05, 3.63) is 90.2 Å². The number of Topliss-reactive ketones (excluding diaryl/α,β-unsaturated/α-hetero) is 1. The predicted molar refractivity (Wildman–Crippen MR) is 137 cm³/mol. The topological polar surface area (TPSA) is 113 Å². The maximum Gasteiger partial charge on any atom is 0.223 e. The number of benzene rings is 3. The highest BCUT2D eigenvalue weighted by atomic mass is 19.1. The van der Waals surface area contributed by atoms with Crippen molar-refractivity contribution in [2.24, 2.45) is 5.73 Å². The van der Waals surface area contributed by atoms with Crippen LogP contribution in [0, 0.1) is 5.82 Å². The summed E-state index contributed by atoms with van der Waals surface area (Å²) in [6, 6.07) is 22.4. The van der Waals surface area contributed by atoms with Crippen LogP contribution in [0.4, 0.5) is 10.3 Å². The van der Waals surface area contributed by atoms with Crippen LogP contribution in [0.15, 0.2) is 78.9 Å². The summed E-state index contributed by atoms with van der Waals surface area (Å²) in [4.78, 5) is 19.8. The molecule has 36 heavy (non-hydrogen) atoms. The number of hydrogen-bond acceptors (Lipinski definition) is 7. The van der Waals surface area contributed by atoms with Gasteiger partial charge in [-0.3, -0.25) is 4.79 Å². The van der Waals surface area contributed by atoms with Crippen molar-refractivity contribution in [3.8, 4) is 34.0 Å².